The molecule has 0 radical (unpaired) electrons. The summed E-state index contributed by atoms with van der Waals surface area (Å²) in [4.78, 5) is 36.9. The number of carbonyl (C=O) groups excluding carboxylic acids is 2. The quantitative estimate of drug-likeness (QED) is 0.639. The fraction of sp³-hybridized carbons (Fsp3) is 0.381. The van der Waals surface area contributed by atoms with Crippen molar-refractivity contribution in [3.63, 3.8) is 0 Å². The highest BCUT2D eigenvalue weighted by molar-refractivity contribution is 5.93. The van der Waals surface area contributed by atoms with Crippen LogP contribution in [0.5, 0.6) is 0 Å². The maximum absolute atomic E-state index is 12.8. The fourth-order valence-corrected chi connectivity index (χ4v) is 3.14. The molecule has 0 aliphatic heterocycles. The second-order valence-electron chi connectivity index (χ2n) is 7.26. The lowest BCUT2D eigenvalue weighted by Gasteiger charge is -2.20. The molecule has 8 heteroatoms. The van der Waals surface area contributed by atoms with Crippen LogP contribution in [0.4, 0.5) is 0 Å². The topological polar surface area (TPSA) is 83.7 Å². The van der Waals surface area contributed by atoms with Crippen molar-refractivity contribution in [3.8, 4) is 0 Å². The summed E-state index contributed by atoms with van der Waals surface area (Å²) in [7, 11) is 3.44. The van der Waals surface area contributed by atoms with Crippen molar-refractivity contribution in [2.24, 2.45) is 0 Å². The summed E-state index contributed by atoms with van der Waals surface area (Å²) in [6.07, 6.45) is 0.118. The molecule has 0 spiro atoms. The molecule has 0 aliphatic carbocycles. The summed E-state index contributed by atoms with van der Waals surface area (Å²) < 4.78 is 1.66. The molecular weight excluding hydrogens is 368 g/mol. The van der Waals surface area contributed by atoms with Crippen LogP contribution in [0.3, 0.4) is 0 Å². The molecule has 29 heavy (non-hydrogen) atoms. The number of benzene rings is 1. The number of likely N-dealkylation sites (N-methyl/N-ethyl adjacent to an activating group) is 1. The van der Waals surface area contributed by atoms with Gasteiger partial charge in [-0.3, -0.25) is 9.59 Å². The Morgan fingerprint density at radius 2 is 1.76 bits per heavy atom. The van der Waals surface area contributed by atoms with E-state index in [1.165, 1.54) is 4.90 Å². The van der Waals surface area contributed by atoms with E-state index in [1.807, 2.05) is 39.0 Å². The van der Waals surface area contributed by atoms with Gasteiger partial charge in [0.25, 0.3) is 11.7 Å². The first-order valence-corrected chi connectivity index (χ1v) is 9.56. The molecule has 3 aromatic rings. The lowest BCUT2D eigenvalue weighted by Crippen LogP contribution is -2.32. The Kier molecular flexibility index (Phi) is 5.91. The van der Waals surface area contributed by atoms with Crippen molar-refractivity contribution in [2.45, 2.75) is 33.7 Å². The molecule has 0 bridgehead atoms. The van der Waals surface area contributed by atoms with E-state index in [0.29, 0.717) is 30.3 Å². The van der Waals surface area contributed by atoms with Gasteiger partial charge in [-0.15, -0.1) is 5.10 Å². The molecule has 0 atom stereocenters. The molecule has 0 saturated heterocycles. The monoisotopic (exact) mass is 394 g/mol. The number of rotatable bonds is 6. The van der Waals surface area contributed by atoms with Gasteiger partial charge in [0, 0.05) is 44.1 Å². The highest BCUT2D eigenvalue weighted by Crippen LogP contribution is 2.11. The second-order valence-corrected chi connectivity index (χ2v) is 7.26. The summed E-state index contributed by atoms with van der Waals surface area (Å²) in [5.74, 6) is 0.874. The van der Waals surface area contributed by atoms with Crippen molar-refractivity contribution in [1.82, 2.24) is 29.4 Å². The molecule has 2 aromatic heterocycles. The smallest absolute Gasteiger partial charge is 0.253 e. The van der Waals surface area contributed by atoms with E-state index in [9.17, 15) is 9.59 Å². The van der Waals surface area contributed by atoms with E-state index in [0.717, 1.165) is 17.0 Å². The Balaban J connectivity index is 1.71. The number of carbonyl (C=O) groups is 2. The molecule has 0 N–H and O–H groups in total. The van der Waals surface area contributed by atoms with Crippen molar-refractivity contribution in [2.75, 3.05) is 20.6 Å². The summed E-state index contributed by atoms with van der Waals surface area (Å²) in [6.45, 7) is 6.82. The third-order valence-corrected chi connectivity index (χ3v) is 4.69. The van der Waals surface area contributed by atoms with Crippen molar-refractivity contribution in [1.29, 1.82) is 0 Å². The van der Waals surface area contributed by atoms with Crippen LogP contribution in [-0.4, -0.2) is 61.8 Å². The van der Waals surface area contributed by atoms with Gasteiger partial charge in [0.1, 0.15) is 0 Å². The minimum absolute atomic E-state index is 0.0444. The second kappa shape index (κ2) is 8.38. The maximum Gasteiger partial charge on any atom is 0.253 e. The Morgan fingerprint density at radius 3 is 2.38 bits per heavy atom. The average Bonchev–Trinajstić information content (AvgIpc) is 3.08. The lowest BCUT2D eigenvalue weighted by molar-refractivity contribution is -0.131. The zero-order chi connectivity index (χ0) is 21.1. The Labute approximate surface area is 170 Å². The molecule has 2 amide bonds. The van der Waals surface area contributed by atoms with E-state index < -0.39 is 0 Å². The van der Waals surface area contributed by atoms with Crippen LogP contribution in [0.1, 0.15) is 40.1 Å². The molecular formula is C21H26N6O2. The highest BCUT2D eigenvalue weighted by atomic mass is 16.2. The van der Waals surface area contributed by atoms with Crippen LogP contribution < -0.4 is 0 Å². The lowest BCUT2D eigenvalue weighted by atomic mass is 10.1. The minimum Gasteiger partial charge on any atom is -0.345 e. The predicted octanol–water partition coefficient (Wildman–Crippen LogP) is 2.03. The summed E-state index contributed by atoms with van der Waals surface area (Å²) in [5.41, 5.74) is 3.39. The van der Waals surface area contributed by atoms with E-state index in [2.05, 4.69) is 15.1 Å². The predicted molar refractivity (Wildman–Crippen MR) is 110 cm³/mol. The Hall–Kier alpha value is -3.29. The maximum atomic E-state index is 12.8. The van der Waals surface area contributed by atoms with Gasteiger partial charge in [0.05, 0.1) is 6.42 Å². The van der Waals surface area contributed by atoms with Gasteiger partial charge < -0.3 is 9.80 Å². The van der Waals surface area contributed by atoms with Gasteiger partial charge in [0.2, 0.25) is 5.91 Å². The number of hydrogen-bond acceptors (Lipinski definition) is 5. The van der Waals surface area contributed by atoms with Crippen LogP contribution >= 0.6 is 0 Å². The first-order valence-electron chi connectivity index (χ1n) is 9.56. The van der Waals surface area contributed by atoms with Crippen molar-refractivity contribution >= 4 is 17.6 Å². The molecule has 3 rings (SSSR count). The number of nitrogens with zero attached hydrogens (tertiary/aromatic N) is 6. The zero-order valence-corrected chi connectivity index (χ0v) is 17.5. The highest BCUT2D eigenvalue weighted by Gasteiger charge is 2.17. The number of hydrogen-bond donors (Lipinski definition) is 0. The average molecular weight is 394 g/mol. The van der Waals surface area contributed by atoms with Gasteiger partial charge in [-0.2, -0.15) is 4.98 Å². The first kappa shape index (κ1) is 20.4. The van der Waals surface area contributed by atoms with Crippen LogP contribution in [0, 0.1) is 13.8 Å². The van der Waals surface area contributed by atoms with Gasteiger partial charge in [0.15, 0.2) is 5.82 Å². The summed E-state index contributed by atoms with van der Waals surface area (Å²) in [5, 5.41) is 4.42. The molecule has 0 unspecified atom stereocenters. The summed E-state index contributed by atoms with van der Waals surface area (Å²) in [6, 6.07) is 9.26. The van der Waals surface area contributed by atoms with E-state index in [4.69, 9.17) is 0 Å². The fourth-order valence-electron chi connectivity index (χ4n) is 3.14. The van der Waals surface area contributed by atoms with Crippen LogP contribution in [0.2, 0.25) is 0 Å². The van der Waals surface area contributed by atoms with Crippen LogP contribution in [0.15, 0.2) is 30.3 Å². The van der Waals surface area contributed by atoms with Crippen LogP contribution in [0.25, 0.3) is 5.78 Å². The minimum atomic E-state index is -0.0498. The van der Waals surface area contributed by atoms with E-state index in [-0.39, 0.29) is 18.2 Å². The van der Waals surface area contributed by atoms with Gasteiger partial charge in [-0.25, -0.2) is 9.50 Å². The first-order chi connectivity index (χ1) is 13.8. The Bertz CT molecular complexity index is 1040. The third-order valence-electron chi connectivity index (χ3n) is 4.69. The molecule has 1 aromatic carbocycles. The van der Waals surface area contributed by atoms with Gasteiger partial charge in [-0.05, 0) is 44.5 Å². The molecule has 0 aliphatic rings. The van der Waals surface area contributed by atoms with E-state index in [1.54, 1.807) is 35.6 Å². The van der Waals surface area contributed by atoms with Crippen LogP contribution in [-0.2, 0) is 17.8 Å². The van der Waals surface area contributed by atoms with E-state index >= 15 is 0 Å². The standard InChI is InChI=1S/C21H26N6O2/c1-6-26(13-16-7-9-17(10-8-16)20(29)25(4)5)19(28)12-18-23-21-22-14(2)11-15(3)27(21)24-18/h7-11H,6,12-13H2,1-5H3. The third kappa shape index (κ3) is 4.59. The molecule has 152 valence electrons. The number of aromatic nitrogens is 4. The molecule has 2 heterocycles. The number of amides is 2. The molecule has 0 saturated carbocycles. The van der Waals surface area contributed by atoms with Gasteiger partial charge >= 0.3 is 0 Å². The van der Waals surface area contributed by atoms with Gasteiger partial charge in [-0.1, -0.05) is 12.1 Å². The largest absolute Gasteiger partial charge is 0.345 e. The number of aryl methyl sites for hydroxylation is 2. The van der Waals surface area contributed by atoms with Crippen molar-refractivity contribution in [3.05, 3.63) is 58.7 Å². The normalized spacial score (nSPS) is 10.9. The number of fused-ring (bicyclic) bond motifs is 1. The SMILES string of the molecule is CCN(Cc1ccc(C(=O)N(C)C)cc1)C(=O)Cc1nc2nc(C)cc(C)n2n1. The zero-order valence-electron chi connectivity index (χ0n) is 17.5. The molecule has 0 fully saturated rings. The molecule has 8 nitrogen and oxygen atoms in total. The Morgan fingerprint density at radius 1 is 1.07 bits per heavy atom. The van der Waals surface area contributed by atoms with Crippen molar-refractivity contribution < 1.29 is 9.59 Å². The summed E-state index contributed by atoms with van der Waals surface area (Å²) >= 11 is 0.